The van der Waals surface area contributed by atoms with Crippen molar-refractivity contribution in [3.8, 4) is 5.75 Å². The van der Waals surface area contributed by atoms with Gasteiger partial charge in [-0.2, -0.15) is 4.98 Å². The van der Waals surface area contributed by atoms with E-state index in [1.54, 1.807) is 12.1 Å². The zero-order valence-corrected chi connectivity index (χ0v) is 17.5. The number of nitrogens with one attached hydrogen (secondary N) is 1. The number of aliphatic hydroxyl groups excluding tert-OH is 1. The van der Waals surface area contributed by atoms with Gasteiger partial charge in [-0.3, -0.25) is 18.7 Å². The molecule has 2 heterocycles. The predicted octanol–water partition coefficient (Wildman–Crippen LogP) is 0.0686. The van der Waals surface area contributed by atoms with Crippen LogP contribution >= 0.6 is 0 Å². The molecule has 3 N–H and O–H groups in total. The smallest absolute Gasteiger partial charge is 0.332 e. The summed E-state index contributed by atoms with van der Waals surface area (Å²) in [6, 6.07) is 7.36. The maximum atomic E-state index is 12.8. The second-order valence-electron chi connectivity index (χ2n) is 7.27. The second-order valence-corrected chi connectivity index (χ2v) is 7.27. The van der Waals surface area contributed by atoms with Crippen LogP contribution in [0.2, 0.25) is 0 Å². The predicted molar refractivity (Wildman–Crippen MR) is 114 cm³/mol. The number of aryl methyl sites for hydroxylation is 2. The lowest BCUT2D eigenvalue weighted by Gasteiger charge is -2.16. The lowest BCUT2D eigenvalue weighted by atomic mass is 10.2. The number of carbonyl (C=O) groups is 1. The largest absolute Gasteiger partial charge is 0.491 e. The van der Waals surface area contributed by atoms with Gasteiger partial charge in [-0.1, -0.05) is 17.7 Å². The molecule has 166 valence electrons. The topological polar surface area (TPSA) is 141 Å². The number of aliphatic hydroxyl groups is 1. The van der Waals surface area contributed by atoms with Crippen molar-refractivity contribution >= 4 is 23.1 Å². The molecule has 3 aromatic rings. The molecule has 11 heteroatoms. The van der Waals surface area contributed by atoms with Crippen molar-refractivity contribution in [2.75, 3.05) is 18.5 Å². The van der Waals surface area contributed by atoms with Gasteiger partial charge in [0.2, 0.25) is 5.95 Å². The van der Waals surface area contributed by atoms with Crippen molar-refractivity contribution in [2.24, 2.45) is 14.1 Å². The highest BCUT2D eigenvalue weighted by Crippen LogP contribution is 2.17. The Hall–Kier alpha value is -3.60. The lowest BCUT2D eigenvalue weighted by Crippen LogP contribution is -2.38. The summed E-state index contributed by atoms with van der Waals surface area (Å²) < 4.78 is 9.24. The van der Waals surface area contributed by atoms with Crippen molar-refractivity contribution in [2.45, 2.75) is 26.0 Å². The normalized spacial score (nSPS) is 12.1. The molecule has 1 atom stereocenters. The van der Waals surface area contributed by atoms with E-state index in [1.807, 2.05) is 19.1 Å². The Morgan fingerprint density at radius 1 is 1.19 bits per heavy atom. The minimum atomic E-state index is -0.999. The maximum absolute atomic E-state index is 12.8. The van der Waals surface area contributed by atoms with E-state index in [0.29, 0.717) is 5.75 Å². The van der Waals surface area contributed by atoms with Crippen molar-refractivity contribution in [1.82, 2.24) is 18.7 Å². The number of nitrogens with zero attached hydrogens (tertiary/aromatic N) is 4. The van der Waals surface area contributed by atoms with Crippen LogP contribution < -0.4 is 21.3 Å². The van der Waals surface area contributed by atoms with Crippen LogP contribution in [0.3, 0.4) is 0 Å². The fourth-order valence-electron chi connectivity index (χ4n) is 3.13. The van der Waals surface area contributed by atoms with E-state index in [-0.39, 0.29) is 43.2 Å². The number of rotatable bonds is 9. The Kier molecular flexibility index (Phi) is 6.44. The van der Waals surface area contributed by atoms with Gasteiger partial charge in [0, 0.05) is 20.6 Å². The van der Waals surface area contributed by atoms with Gasteiger partial charge in [0.15, 0.2) is 11.2 Å². The zero-order valence-electron chi connectivity index (χ0n) is 17.5. The van der Waals surface area contributed by atoms with E-state index in [0.717, 1.165) is 10.1 Å². The first-order valence-electron chi connectivity index (χ1n) is 9.68. The molecule has 31 heavy (non-hydrogen) atoms. The van der Waals surface area contributed by atoms with Crippen molar-refractivity contribution in [3.05, 3.63) is 50.7 Å². The highest BCUT2D eigenvalue weighted by atomic mass is 16.5. The average Bonchev–Trinajstić information content (AvgIpc) is 3.08. The Balaban J connectivity index is 1.91. The van der Waals surface area contributed by atoms with Crippen molar-refractivity contribution in [1.29, 1.82) is 0 Å². The molecule has 0 fully saturated rings. The monoisotopic (exact) mass is 431 g/mol. The van der Waals surface area contributed by atoms with Gasteiger partial charge >= 0.3 is 11.7 Å². The molecule has 0 radical (unpaired) electrons. The van der Waals surface area contributed by atoms with Crippen molar-refractivity contribution in [3.63, 3.8) is 0 Å². The van der Waals surface area contributed by atoms with Crippen LogP contribution in [0.25, 0.3) is 11.2 Å². The average molecular weight is 431 g/mol. The summed E-state index contributed by atoms with van der Waals surface area (Å²) in [5.41, 5.74) is 0.233. The number of ether oxygens (including phenoxy) is 1. The number of aromatic nitrogens is 4. The third kappa shape index (κ3) is 4.77. The molecule has 3 rings (SSSR count). The molecule has 11 nitrogen and oxygen atoms in total. The van der Waals surface area contributed by atoms with Gasteiger partial charge in [-0.15, -0.1) is 0 Å². The Morgan fingerprint density at radius 2 is 1.87 bits per heavy atom. The summed E-state index contributed by atoms with van der Waals surface area (Å²) in [4.78, 5) is 40.2. The van der Waals surface area contributed by atoms with Gasteiger partial charge < -0.3 is 24.8 Å². The summed E-state index contributed by atoms with van der Waals surface area (Å²) in [7, 11) is 2.84. The van der Waals surface area contributed by atoms with Crippen LogP contribution in [0.5, 0.6) is 5.75 Å². The molecule has 2 aromatic heterocycles. The number of benzene rings is 1. The molecular formula is C20H25N5O6. The first kappa shape index (κ1) is 22.1. The van der Waals surface area contributed by atoms with Crippen LogP contribution in [0.4, 0.5) is 5.95 Å². The second kappa shape index (κ2) is 9.04. The Bertz CT molecular complexity index is 1210. The first-order valence-corrected chi connectivity index (χ1v) is 9.68. The molecule has 1 aromatic carbocycles. The molecule has 0 saturated heterocycles. The SMILES string of the molecule is Cc1ccc(OC[C@@H](O)Cn2c(NCCC(=O)O)nc3c2c(=O)n(C)c(=O)n3C)cc1. The van der Waals surface area contributed by atoms with E-state index < -0.39 is 23.3 Å². The number of imidazole rings is 1. The Labute approximate surface area is 177 Å². The number of carboxylic acids is 1. The number of hydrogen-bond donors (Lipinski definition) is 3. The lowest BCUT2D eigenvalue weighted by molar-refractivity contribution is -0.136. The van der Waals surface area contributed by atoms with E-state index in [9.17, 15) is 19.5 Å². The van der Waals surface area contributed by atoms with Gasteiger partial charge in [-0.05, 0) is 19.1 Å². The fraction of sp³-hybridized carbons (Fsp3) is 0.400. The summed E-state index contributed by atoms with van der Waals surface area (Å²) >= 11 is 0. The van der Waals surface area contributed by atoms with Gasteiger partial charge in [0.1, 0.15) is 18.5 Å². The quantitative estimate of drug-likeness (QED) is 0.432. The number of hydrogen-bond acceptors (Lipinski definition) is 7. The number of fused-ring (bicyclic) bond motifs is 1. The van der Waals surface area contributed by atoms with Gasteiger partial charge in [0.25, 0.3) is 5.56 Å². The van der Waals surface area contributed by atoms with Crippen LogP contribution in [-0.4, -0.2) is 54.1 Å². The third-order valence-corrected chi connectivity index (χ3v) is 4.83. The summed E-state index contributed by atoms with van der Waals surface area (Å²) in [6.45, 7) is 1.92. The molecule has 0 aliphatic carbocycles. The summed E-state index contributed by atoms with van der Waals surface area (Å²) in [6.07, 6.45) is -1.17. The van der Waals surface area contributed by atoms with E-state index >= 15 is 0 Å². The third-order valence-electron chi connectivity index (χ3n) is 4.83. The molecule has 0 spiro atoms. The van der Waals surface area contributed by atoms with E-state index in [4.69, 9.17) is 9.84 Å². The molecule has 0 aliphatic rings. The van der Waals surface area contributed by atoms with Crippen LogP contribution in [0, 0.1) is 6.92 Å². The molecule has 0 unspecified atom stereocenters. The zero-order chi connectivity index (χ0) is 22.7. The highest BCUT2D eigenvalue weighted by Gasteiger charge is 2.21. The van der Waals surface area contributed by atoms with E-state index in [1.165, 1.54) is 23.2 Å². The molecular weight excluding hydrogens is 406 g/mol. The minimum Gasteiger partial charge on any atom is -0.491 e. The molecule has 0 saturated carbocycles. The maximum Gasteiger partial charge on any atom is 0.332 e. The minimum absolute atomic E-state index is 0.0383. The summed E-state index contributed by atoms with van der Waals surface area (Å²) in [5, 5.41) is 22.3. The van der Waals surface area contributed by atoms with Gasteiger partial charge in [0.05, 0.1) is 13.0 Å². The van der Waals surface area contributed by atoms with Crippen molar-refractivity contribution < 1.29 is 19.7 Å². The number of carboxylic acid groups (broad SMARTS) is 1. The first-order chi connectivity index (χ1) is 14.7. The van der Waals surface area contributed by atoms with Crippen LogP contribution in [0.15, 0.2) is 33.9 Å². The van der Waals surface area contributed by atoms with Gasteiger partial charge in [-0.25, -0.2) is 4.79 Å². The van der Waals surface area contributed by atoms with Crippen LogP contribution in [0.1, 0.15) is 12.0 Å². The molecule has 0 bridgehead atoms. The number of anilines is 1. The highest BCUT2D eigenvalue weighted by molar-refractivity contribution is 5.74. The molecule has 0 aliphatic heterocycles. The van der Waals surface area contributed by atoms with E-state index in [2.05, 4.69) is 10.3 Å². The Morgan fingerprint density at radius 3 is 2.52 bits per heavy atom. The standard InChI is InChI=1S/C20H25N5O6/c1-12-4-6-14(7-5-12)31-11-13(26)10-25-16-17(22-19(25)21-9-8-15(27)28)23(2)20(30)24(3)18(16)29/h4-7,13,26H,8-11H2,1-3H3,(H,21,22)(H,27,28)/t13-/m0/s1. The summed E-state index contributed by atoms with van der Waals surface area (Å²) in [5.74, 6) is -0.216. The number of aliphatic carboxylic acids is 1. The molecule has 0 amide bonds. The fourth-order valence-corrected chi connectivity index (χ4v) is 3.13. The van der Waals surface area contributed by atoms with Crippen LogP contribution in [-0.2, 0) is 25.4 Å².